The van der Waals surface area contributed by atoms with Crippen LogP contribution in [0, 0.1) is 6.92 Å². The molecule has 1 fully saturated rings. The second-order valence-corrected chi connectivity index (χ2v) is 9.16. The van der Waals surface area contributed by atoms with Crippen molar-refractivity contribution in [3.63, 3.8) is 0 Å². The molecule has 2 N–H and O–H groups in total. The predicted molar refractivity (Wildman–Crippen MR) is 147 cm³/mol. The van der Waals surface area contributed by atoms with Crippen molar-refractivity contribution < 1.29 is 23.9 Å². The van der Waals surface area contributed by atoms with Crippen LogP contribution in [0.3, 0.4) is 0 Å². The number of nitrogens with one attached hydrogen (secondary N) is 2. The fraction of sp³-hybridized carbons (Fsp3) is 0.133. The number of fused-ring (bicyclic) bond motifs is 1. The number of amides is 4. The molecular weight excluding hydrogens is 496 g/mol. The number of imide groups is 1. The van der Waals surface area contributed by atoms with Crippen LogP contribution in [0.15, 0.2) is 84.7 Å². The molecule has 1 saturated heterocycles. The number of para-hydroxylation sites is 2. The summed E-state index contributed by atoms with van der Waals surface area (Å²) in [5.41, 5.74) is 4.57. The molecule has 1 aromatic heterocycles. The number of nitrogens with zero attached hydrogens (tertiary/aromatic N) is 2. The number of aromatic nitrogens is 1. The monoisotopic (exact) mass is 522 g/mol. The highest BCUT2D eigenvalue weighted by Gasteiger charge is 2.35. The number of urea groups is 1. The van der Waals surface area contributed by atoms with Gasteiger partial charge in [0.1, 0.15) is 12.2 Å². The Bertz CT molecular complexity index is 1650. The maximum Gasteiger partial charge on any atom is 0.337 e. The first-order valence-corrected chi connectivity index (χ1v) is 12.3. The minimum Gasteiger partial charge on any atom is -0.465 e. The molecule has 0 bridgehead atoms. The van der Waals surface area contributed by atoms with E-state index in [2.05, 4.69) is 10.6 Å². The highest BCUT2D eigenvalue weighted by atomic mass is 16.5. The number of hydrogen-bond donors (Lipinski definition) is 2. The molecule has 9 nitrogen and oxygen atoms in total. The van der Waals surface area contributed by atoms with Crippen LogP contribution in [0.1, 0.15) is 27.0 Å². The lowest BCUT2D eigenvalue weighted by Crippen LogP contribution is -2.38. The number of aryl methyl sites for hydroxylation is 1. The van der Waals surface area contributed by atoms with Gasteiger partial charge < -0.3 is 19.9 Å². The van der Waals surface area contributed by atoms with Crippen molar-refractivity contribution in [2.45, 2.75) is 13.5 Å². The Hall–Kier alpha value is -5.18. The van der Waals surface area contributed by atoms with Crippen molar-refractivity contribution >= 4 is 46.5 Å². The molecule has 39 heavy (non-hydrogen) atoms. The Labute approximate surface area is 224 Å². The van der Waals surface area contributed by atoms with Crippen LogP contribution in [-0.2, 0) is 20.9 Å². The molecule has 1 aliphatic heterocycles. The van der Waals surface area contributed by atoms with Gasteiger partial charge in [0, 0.05) is 34.9 Å². The van der Waals surface area contributed by atoms with Crippen molar-refractivity contribution in [1.82, 2.24) is 14.8 Å². The molecule has 2 heterocycles. The van der Waals surface area contributed by atoms with Gasteiger partial charge in [-0.1, -0.05) is 48.5 Å². The largest absolute Gasteiger partial charge is 0.465 e. The normalized spacial score (nSPS) is 14.1. The number of carbonyl (C=O) groups excluding carboxylic acids is 4. The Morgan fingerprint density at radius 3 is 2.56 bits per heavy atom. The topological polar surface area (TPSA) is 110 Å². The third kappa shape index (κ3) is 5.28. The molecule has 3 aromatic carbocycles. The summed E-state index contributed by atoms with van der Waals surface area (Å²) in [6.07, 6.45) is 3.50. The molecule has 0 atom stereocenters. The smallest absolute Gasteiger partial charge is 0.337 e. The summed E-state index contributed by atoms with van der Waals surface area (Å²) in [4.78, 5) is 51.1. The predicted octanol–water partition coefficient (Wildman–Crippen LogP) is 4.32. The number of anilines is 1. The Balaban J connectivity index is 1.38. The van der Waals surface area contributed by atoms with Gasteiger partial charge in [-0.2, -0.15) is 0 Å². The zero-order valence-corrected chi connectivity index (χ0v) is 21.4. The van der Waals surface area contributed by atoms with Gasteiger partial charge in [0.15, 0.2) is 0 Å². The second kappa shape index (κ2) is 10.7. The van der Waals surface area contributed by atoms with Gasteiger partial charge in [-0.15, -0.1) is 0 Å². The molecule has 0 unspecified atom stereocenters. The van der Waals surface area contributed by atoms with Gasteiger partial charge in [-0.3, -0.25) is 9.59 Å². The van der Waals surface area contributed by atoms with Gasteiger partial charge in [0.25, 0.3) is 5.91 Å². The van der Waals surface area contributed by atoms with E-state index >= 15 is 0 Å². The number of benzene rings is 3. The summed E-state index contributed by atoms with van der Waals surface area (Å²) in [5, 5.41) is 6.22. The third-order valence-electron chi connectivity index (χ3n) is 6.50. The Morgan fingerprint density at radius 1 is 1.00 bits per heavy atom. The van der Waals surface area contributed by atoms with Crippen LogP contribution in [0.2, 0.25) is 0 Å². The van der Waals surface area contributed by atoms with Crippen molar-refractivity contribution in [2.24, 2.45) is 0 Å². The van der Waals surface area contributed by atoms with Crippen molar-refractivity contribution in [1.29, 1.82) is 0 Å². The standard InChI is InChI=1S/C30H26N4O5/c1-19-8-3-5-12-24(19)31-27(35)18-34-28(36)25(32-30(34)38)15-22-17-33(26-13-6-4-11-23(22)26)16-20-9-7-10-21(14-20)29(37)39-2/h3-15,17H,16,18H2,1-2H3,(H,31,35)(H,32,38)/b25-15-. The number of carbonyl (C=O) groups is 4. The lowest BCUT2D eigenvalue weighted by molar-refractivity contribution is -0.127. The molecule has 4 aromatic rings. The van der Waals surface area contributed by atoms with Crippen LogP contribution in [0.4, 0.5) is 10.5 Å². The molecule has 0 spiro atoms. The summed E-state index contributed by atoms with van der Waals surface area (Å²) in [6, 6.07) is 21.5. The van der Waals surface area contributed by atoms with Crippen LogP contribution in [0.5, 0.6) is 0 Å². The first-order valence-electron chi connectivity index (χ1n) is 12.3. The van der Waals surface area contributed by atoms with Crippen molar-refractivity contribution in [3.05, 3.63) is 107 Å². The van der Waals surface area contributed by atoms with Crippen LogP contribution in [-0.4, -0.2) is 46.9 Å². The first-order chi connectivity index (χ1) is 18.8. The van der Waals surface area contributed by atoms with E-state index in [0.29, 0.717) is 17.8 Å². The Kier molecular flexibility index (Phi) is 6.96. The van der Waals surface area contributed by atoms with Crippen molar-refractivity contribution in [3.8, 4) is 0 Å². The van der Waals surface area contributed by atoms with E-state index in [4.69, 9.17) is 4.74 Å². The fourth-order valence-electron chi connectivity index (χ4n) is 4.55. The lowest BCUT2D eigenvalue weighted by Gasteiger charge is -2.13. The molecule has 5 rings (SSSR count). The third-order valence-corrected chi connectivity index (χ3v) is 6.50. The maximum atomic E-state index is 13.1. The minimum atomic E-state index is -0.658. The zero-order valence-electron chi connectivity index (χ0n) is 21.4. The van der Waals surface area contributed by atoms with E-state index in [-0.39, 0.29) is 5.70 Å². The number of methoxy groups -OCH3 is 1. The summed E-state index contributed by atoms with van der Waals surface area (Å²) in [6.45, 7) is 1.92. The zero-order chi connectivity index (χ0) is 27.5. The number of esters is 1. The molecule has 4 amide bonds. The second-order valence-electron chi connectivity index (χ2n) is 9.16. The number of rotatable bonds is 7. The average molecular weight is 523 g/mol. The Morgan fingerprint density at radius 2 is 1.77 bits per heavy atom. The number of hydrogen-bond acceptors (Lipinski definition) is 5. The van der Waals surface area contributed by atoms with E-state index in [0.717, 1.165) is 32.5 Å². The van der Waals surface area contributed by atoms with E-state index in [9.17, 15) is 19.2 Å². The van der Waals surface area contributed by atoms with Crippen LogP contribution >= 0.6 is 0 Å². The number of ether oxygens (including phenoxy) is 1. The molecule has 0 radical (unpaired) electrons. The van der Waals surface area contributed by atoms with Crippen LogP contribution in [0.25, 0.3) is 17.0 Å². The summed E-state index contributed by atoms with van der Waals surface area (Å²) < 4.78 is 6.83. The molecule has 0 aliphatic carbocycles. The fourth-order valence-corrected chi connectivity index (χ4v) is 4.55. The molecule has 1 aliphatic rings. The quantitative estimate of drug-likeness (QED) is 0.214. The highest BCUT2D eigenvalue weighted by molar-refractivity contribution is 6.16. The highest BCUT2D eigenvalue weighted by Crippen LogP contribution is 2.26. The van der Waals surface area contributed by atoms with Gasteiger partial charge in [0.2, 0.25) is 5.91 Å². The van der Waals surface area contributed by atoms with Crippen LogP contribution < -0.4 is 10.6 Å². The van der Waals surface area contributed by atoms with Crippen molar-refractivity contribution in [2.75, 3.05) is 19.0 Å². The lowest BCUT2D eigenvalue weighted by atomic mass is 10.1. The van der Waals surface area contributed by atoms with Gasteiger partial charge in [-0.25, -0.2) is 14.5 Å². The maximum absolute atomic E-state index is 13.1. The summed E-state index contributed by atoms with van der Waals surface area (Å²) >= 11 is 0. The molecule has 9 heteroatoms. The van der Waals surface area contributed by atoms with Gasteiger partial charge >= 0.3 is 12.0 Å². The van der Waals surface area contributed by atoms with E-state index in [1.807, 2.05) is 60.2 Å². The molecular formula is C30H26N4O5. The average Bonchev–Trinajstić information content (AvgIpc) is 3.41. The summed E-state index contributed by atoms with van der Waals surface area (Å²) in [5.74, 6) is -1.46. The molecule has 196 valence electrons. The van der Waals surface area contributed by atoms with E-state index in [1.54, 1.807) is 36.4 Å². The summed E-state index contributed by atoms with van der Waals surface area (Å²) in [7, 11) is 1.34. The first kappa shape index (κ1) is 25.5. The van der Waals surface area contributed by atoms with Gasteiger partial charge in [0.05, 0.1) is 12.7 Å². The van der Waals surface area contributed by atoms with E-state index in [1.165, 1.54) is 7.11 Å². The minimum absolute atomic E-state index is 0.0827. The van der Waals surface area contributed by atoms with Gasteiger partial charge in [-0.05, 0) is 48.4 Å². The molecule has 0 saturated carbocycles. The SMILES string of the molecule is COC(=O)c1cccc(Cn2cc(/C=C3\NC(=O)N(CC(=O)Nc4ccccc4C)C3=O)c3ccccc32)c1. The van der Waals surface area contributed by atoms with E-state index < -0.39 is 30.4 Å².